The van der Waals surface area contributed by atoms with Crippen LogP contribution in [0.25, 0.3) is 0 Å². The molecule has 0 aliphatic carbocycles. The molecule has 0 bridgehead atoms. The predicted molar refractivity (Wildman–Crippen MR) is 390 cm³/mol. The van der Waals surface area contributed by atoms with Crippen LogP contribution in [0.4, 0.5) is 0 Å². The number of aliphatic hydroxyl groups excluding tert-OH is 1. The van der Waals surface area contributed by atoms with Gasteiger partial charge in [0.15, 0.2) is 12.2 Å². The zero-order valence-electron chi connectivity index (χ0n) is 62.3. The van der Waals surface area contributed by atoms with Crippen LogP contribution in [0, 0.1) is 17.8 Å². The van der Waals surface area contributed by atoms with Gasteiger partial charge < -0.3 is 33.8 Å². The summed E-state index contributed by atoms with van der Waals surface area (Å²) in [6, 6.07) is 0. The Morgan fingerprint density at radius 1 is 0.323 bits per heavy atom. The monoisotopic (exact) mass is 1410 g/mol. The van der Waals surface area contributed by atoms with E-state index in [1.165, 1.54) is 167 Å². The highest BCUT2D eigenvalue weighted by Crippen LogP contribution is 2.45. The average molecular weight is 1410 g/mol. The van der Waals surface area contributed by atoms with E-state index in [0.717, 1.165) is 120 Å². The van der Waals surface area contributed by atoms with Crippen LogP contribution in [-0.4, -0.2) is 96.7 Å². The van der Waals surface area contributed by atoms with Gasteiger partial charge in [-0.1, -0.05) is 317 Å². The topological polar surface area (TPSA) is 237 Å². The van der Waals surface area contributed by atoms with Crippen molar-refractivity contribution in [3.63, 3.8) is 0 Å². The molecule has 0 spiro atoms. The fourth-order valence-corrected chi connectivity index (χ4v) is 12.8. The second-order valence-corrected chi connectivity index (χ2v) is 31.4. The van der Waals surface area contributed by atoms with Crippen molar-refractivity contribution < 1.29 is 80.2 Å². The zero-order valence-corrected chi connectivity index (χ0v) is 64.1. The first-order valence-electron chi connectivity index (χ1n) is 39.2. The van der Waals surface area contributed by atoms with E-state index < -0.39 is 97.5 Å². The van der Waals surface area contributed by atoms with Crippen LogP contribution in [0.2, 0.25) is 0 Å². The van der Waals surface area contributed by atoms with Crippen LogP contribution in [0.5, 0.6) is 0 Å². The summed E-state index contributed by atoms with van der Waals surface area (Å²) < 4.78 is 68.5. The summed E-state index contributed by atoms with van der Waals surface area (Å²) in [7, 11) is -9.93. The number of ether oxygens (including phenoxy) is 4. The minimum Gasteiger partial charge on any atom is -0.462 e. The molecule has 0 aromatic carbocycles. The van der Waals surface area contributed by atoms with Crippen molar-refractivity contribution in [1.82, 2.24) is 0 Å². The standard InChI is InChI=1S/C77H146O17P2/c1-8-9-10-11-12-13-14-15-16-17-22-32-39-46-53-60-76(81)93-72(64-87-74(79)58-51-44-37-30-21-19-18-20-27-34-41-48-55-68(2)3)66-91-95(83,84)89-62-71(78)63-90-96(85,86)92-67-73(94-77(82)61-54-47-40-33-26-24-29-36-43-50-57-70(6)7)65-88-75(80)59-52-45-38-31-25-23-28-35-42-49-56-69(4)5/h13-16,68-73,78H,8-12,17-67H2,1-7H3,(H,83,84)(H,85,86)/b14-13-,16-15-/t71-,72-,73-/m1/s1. The summed E-state index contributed by atoms with van der Waals surface area (Å²) in [5.74, 6) is 0.141. The molecule has 0 aliphatic rings. The SMILES string of the molecule is CCCCCC/C=C\C=C/CCCCCCCC(=O)O[C@H](COC(=O)CCCCCCCCCCCCCCC(C)C)COP(=O)(O)OC[C@@H](O)COP(=O)(O)OC[C@@H](COC(=O)CCCCCCCCCCCCC(C)C)OC(=O)CCCCCCCCCCCCC(C)C. The number of aliphatic hydroxyl groups is 1. The predicted octanol–water partition coefficient (Wildman–Crippen LogP) is 22.1. The fourth-order valence-electron chi connectivity index (χ4n) is 11.2. The Labute approximate surface area is 586 Å². The Kier molecular flexibility index (Phi) is 65.3. The van der Waals surface area contributed by atoms with Gasteiger partial charge in [-0.3, -0.25) is 37.3 Å². The molecule has 17 nitrogen and oxygen atoms in total. The van der Waals surface area contributed by atoms with E-state index in [4.69, 9.17) is 37.0 Å². The third kappa shape index (κ3) is 70.0. The van der Waals surface area contributed by atoms with Gasteiger partial charge in [0.05, 0.1) is 26.4 Å². The number of carbonyl (C=O) groups is 4. The van der Waals surface area contributed by atoms with Gasteiger partial charge in [-0.05, 0) is 69.1 Å². The van der Waals surface area contributed by atoms with Crippen LogP contribution in [-0.2, 0) is 65.4 Å². The lowest BCUT2D eigenvalue weighted by Gasteiger charge is -2.21. The molecule has 0 amide bonds. The molecule has 0 aromatic heterocycles. The van der Waals surface area contributed by atoms with Gasteiger partial charge in [-0.15, -0.1) is 0 Å². The Balaban J connectivity index is 5.31. The lowest BCUT2D eigenvalue weighted by molar-refractivity contribution is -0.161. The van der Waals surface area contributed by atoms with Crippen molar-refractivity contribution in [2.75, 3.05) is 39.6 Å². The van der Waals surface area contributed by atoms with Crippen molar-refractivity contribution in [1.29, 1.82) is 0 Å². The summed E-state index contributed by atoms with van der Waals surface area (Å²) in [4.78, 5) is 72.9. The molecular weight excluding hydrogens is 1260 g/mol. The molecule has 2 unspecified atom stereocenters. The van der Waals surface area contributed by atoms with Crippen molar-refractivity contribution in [3.8, 4) is 0 Å². The number of esters is 4. The highest BCUT2D eigenvalue weighted by atomic mass is 31.2. The zero-order chi connectivity index (χ0) is 70.9. The van der Waals surface area contributed by atoms with Crippen molar-refractivity contribution >= 4 is 39.5 Å². The Bertz CT molecular complexity index is 1960. The molecule has 0 aromatic rings. The number of hydrogen-bond donors (Lipinski definition) is 3. The molecule has 566 valence electrons. The molecule has 3 N–H and O–H groups in total. The van der Waals surface area contributed by atoms with Crippen molar-refractivity contribution in [3.05, 3.63) is 24.3 Å². The largest absolute Gasteiger partial charge is 0.472 e. The van der Waals surface area contributed by atoms with E-state index in [2.05, 4.69) is 72.8 Å². The van der Waals surface area contributed by atoms with Crippen LogP contribution in [0.3, 0.4) is 0 Å². The number of allylic oxidation sites excluding steroid dienone is 4. The highest BCUT2D eigenvalue weighted by molar-refractivity contribution is 7.47. The first kappa shape index (κ1) is 93.5. The number of hydrogen-bond acceptors (Lipinski definition) is 15. The van der Waals surface area contributed by atoms with E-state index >= 15 is 0 Å². The van der Waals surface area contributed by atoms with Gasteiger partial charge in [0.1, 0.15) is 19.3 Å². The second-order valence-electron chi connectivity index (χ2n) is 28.5. The van der Waals surface area contributed by atoms with Gasteiger partial charge in [0.2, 0.25) is 0 Å². The first-order valence-corrected chi connectivity index (χ1v) is 42.2. The van der Waals surface area contributed by atoms with Gasteiger partial charge in [-0.2, -0.15) is 0 Å². The first-order chi connectivity index (χ1) is 46.2. The molecule has 0 rings (SSSR count). The third-order valence-electron chi connectivity index (χ3n) is 17.3. The Hall–Kier alpha value is -2.46. The number of rotatable bonds is 73. The van der Waals surface area contributed by atoms with Crippen molar-refractivity contribution in [2.24, 2.45) is 17.8 Å². The number of carbonyl (C=O) groups excluding carboxylic acids is 4. The summed E-state index contributed by atoms with van der Waals surface area (Å²) in [6.07, 6.45) is 56.2. The molecule has 0 radical (unpaired) electrons. The molecule has 0 fully saturated rings. The van der Waals surface area contributed by atoms with E-state index in [-0.39, 0.29) is 25.7 Å². The maximum atomic E-state index is 13.1. The van der Waals surface area contributed by atoms with E-state index in [9.17, 15) is 43.2 Å². The number of unbranched alkanes of at least 4 members (excludes halogenated alkanes) is 38. The van der Waals surface area contributed by atoms with E-state index in [0.29, 0.717) is 25.7 Å². The van der Waals surface area contributed by atoms with Gasteiger partial charge >= 0.3 is 39.5 Å². The molecule has 0 heterocycles. The summed E-state index contributed by atoms with van der Waals surface area (Å²) >= 11 is 0. The van der Waals surface area contributed by atoms with Crippen LogP contribution < -0.4 is 0 Å². The molecule has 19 heteroatoms. The summed E-state index contributed by atoms with van der Waals surface area (Å²) in [6.45, 7) is 11.8. The van der Waals surface area contributed by atoms with Crippen LogP contribution >= 0.6 is 15.6 Å². The fraction of sp³-hybridized carbons (Fsp3) is 0.896. The minimum absolute atomic E-state index is 0.0848. The summed E-state index contributed by atoms with van der Waals surface area (Å²) in [5, 5.41) is 10.6. The minimum atomic E-state index is -4.97. The molecule has 0 aliphatic heterocycles. The molecule has 5 atom stereocenters. The van der Waals surface area contributed by atoms with Crippen molar-refractivity contribution in [2.45, 2.75) is 388 Å². The Morgan fingerprint density at radius 3 is 0.844 bits per heavy atom. The number of phosphoric acid groups is 2. The Morgan fingerprint density at radius 2 is 0.562 bits per heavy atom. The lowest BCUT2D eigenvalue weighted by Crippen LogP contribution is -2.30. The molecule has 0 saturated carbocycles. The van der Waals surface area contributed by atoms with Gasteiger partial charge in [-0.25, -0.2) is 9.13 Å². The molecule has 0 saturated heterocycles. The third-order valence-corrected chi connectivity index (χ3v) is 19.2. The van der Waals surface area contributed by atoms with Crippen LogP contribution in [0.15, 0.2) is 24.3 Å². The maximum absolute atomic E-state index is 13.1. The van der Waals surface area contributed by atoms with Gasteiger partial charge in [0.25, 0.3) is 0 Å². The normalized spacial score (nSPS) is 14.2. The molecule has 96 heavy (non-hydrogen) atoms. The number of phosphoric ester groups is 2. The smallest absolute Gasteiger partial charge is 0.462 e. The average Bonchev–Trinajstić information content (AvgIpc) is 1.06. The quantitative estimate of drug-likeness (QED) is 0.0169. The second kappa shape index (κ2) is 67.1. The maximum Gasteiger partial charge on any atom is 0.472 e. The summed E-state index contributed by atoms with van der Waals surface area (Å²) in [5.41, 5.74) is 0. The van der Waals surface area contributed by atoms with Gasteiger partial charge in [0, 0.05) is 25.7 Å². The lowest BCUT2D eigenvalue weighted by atomic mass is 10.0. The van der Waals surface area contributed by atoms with Crippen LogP contribution in [0.1, 0.15) is 370 Å². The highest BCUT2D eigenvalue weighted by Gasteiger charge is 2.30. The van der Waals surface area contributed by atoms with E-state index in [1.807, 2.05) is 0 Å². The van der Waals surface area contributed by atoms with E-state index in [1.54, 1.807) is 0 Å². The molecular formula is C77H146O17P2.